The van der Waals surface area contributed by atoms with Gasteiger partial charge in [0.25, 0.3) is 5.91 Å². The van der Waals surface area contributed by atoms with Crippen molar-refractivity contribution in [2.45, 2.75) is 19.9 Å². The molecule has 2 amide bonds. The van der Waals surface area contributed by atoms with Gasteiger partial charge in [0.1, 0.15) is 11.6 Å². The number of anilines is 3. The third-order valence-electron chi connectivity index (χ3n) is 5.26. The fraction of sp³-hybridized carbons (Fsp3) is 0.154. The molecule has 3 N–H and O–H groups in total. The molecular weight excluding hydrogens is 462 g/mol. The van der Waals surface area contributed by atoms with E-state index in [4.69, 9.17) is 4.74 Å². The molecule has 2 aromatic carbocycles. The highest BCUT2D eigenvalue weighted by atomic mass is 32.1. The molecular formula is C26H25N5O3S. The lowest BCUT2D eigenvalue weighted by molar-refractivity contribution is -0.119. The molecule has 178 valence electrons. The molecule has 0 saturated heterocycles. The number of nitrogens with zero attached hydrogens (tertiary/aromatic N) is 2. The number of hydrogen-bond acceptors (Lipinski definition) is 7. The third-order valence-corrected chi connectivity index (χ3v) is 6.02. The van der Waals surface area contributed by atoms with Gasteiger partial charge in [0.2, 0.25) is 5.91 Å². The molecule has 8 nitrogen and oxygen atoms in total. The normalized spacial score (nSPS) is 11.4. The zero-order valence-electron chi connectivity index (χ0n) is 19.5. The van der Waals surface area contributed by atoms with Crippen molar-refractivity contribution >= 4 is 39.8 Å². The Kier molecular flexibility index (Phi) is 7.37. The molecule has 0 aliphatic carbocycles. The van der Waals surface area contributed by atoms with Crippen LogP contribution in [-0.4, -0.2) is 28.9 Å². The molecule has 0 saturated carbocycles. The Hall–Kier alpha value is -4.24. The van der Waals surface area contributed by atoms with Crippen LogP contribution < -0.4 is 20.7 Å². The van der Waals surface area contributed by atoms with E-state index < -0.39 is 0 Å². The number of ether oxygens (including phenoxy) is 1. The van der Waals surface area contributed by atoms with Gasteiger partial charge in [-0.05, 0) is 36.8 Å². The minimum Gasteiger partial charge on any atom is -0.495 e. The van der Waals surface area contributed by atoms with Gasteiger partial charge in [0, 0.05) is 24.1 Å². The van der Waals surface area contributed by atoms with Crippen LogP contribution >= 0.6 is 11.3 Å². The zero-order valence-corrected chi connectivity index (χ0v) is 20.3. The first-order valence-electron chi connectivity index (χ1n) is 10.9. The number of hydrogen-bond donors (Lipinski definition) is 3. The van der Waals surface area contributed by atoms with Crippen LogP contribution in [0.3, 0.4) is 0 Å². The smallest absolute Gasteiger partial charge is 0.261 e. The van der Waals surface area contributed by atoms with Crippen molar-refractivity contribution < 1.29 is 14.3 Å². The molecule has 0 spiro atoms. The Bertz CT molecular complexity index is 1340. The molecule has 35 heavy (non-hydrogen) atoms. The van der Waals surface area contributed by atoms with Gasteiger partial charge in [0.15, 0.2) is 5.13 Å². The predicted molar refractivity (Wildman–Crippen MR) is 138 cm³/mol. The van der Waals surface area contributed by atoms with E-state index in [0.29, 0.717) is 27.9 Å². The minimum absolute atomic E-state index is 0.0728. The first kappa shape index (κ1) is 23.9. The Morgan fingerprint density at radius 3 is 2.54 bits per heavy atom. The topological polar surface area (TPSA) is 105 Å². The summed E-state index contributed by atoms with van der Waals surface area (Å²) in [6.45, 7) is 3.43. The van der Waals surface area contributed by atoms with E-state index in [1.165, 1.54) is 18.3 Å². The Labute approximate surface area is 207 Å². The van der Waals surface area contributed by atoms with Crippen molar-refractivity contribution in [3.05, 3.63) is 83.4 Å². The van der Waals surface area contributed by atoms with Crippen LogP contribution in [0.5, 0.6) is 5.75 Å². The van der Waals surface area contributed by atoms with Gasteiger partial charge in [-0.15, -0.1) is 11.3 Å². The van der Waals surface area contributed by atoms with Crippen molar-refractivity contribution in [1.29, 1.82) is 0 Å². The Balaban J connectivity index is 1.48. The number of aromatic nitrogens is 2. The molecule has 9 heteroatoms. The summed E-state index contributed by atoms with van der Waals surface area (Å²) in [4.78, 5) is 33.2. The number of amides is 2. The summed E-state index contributed by atoms with van der Waals surface area (Å²) >= 11 is 1.34. The van der Waals surface area contributed by atoms with Crippen LogP contribution in [0.1, 0.15) is 35.8 Å². The van der Waals surface area contributed by atoms with Crippen molar-refractivity contribution in [2.75, 3.05) is 17.7 Å². The first-order valence-corrected chi connectivity index (χ1v) is 11.8. The van der Waals surface area contributed by atoms with Gasteiger partial charge in [-0.1, -0.05) is 36.4 Å². The molecule has 1 unspecified atom stereocenters. The number of pyridine rings is 1. The number of rotatable bonds is 8. The third kappa shape index (κ3) is 5.82. The van der Waals surface area contributed by atoms with Crippen LogP contribution in [0.25, 0.3) is 11.3 Å². The van der Waals surface area contributed by atoms with E-state index in [2.05, 4.69) is 25.9 Å². The van der Waals surface area contributed by atoms with Crippen LogP contribution in [0.4, 0.5) is 16.6 Å². The van der Waals surface area contributed by atoms with Gasteiger partial charge >= 0.3 is 0 Å². The molecule has 4 aromatic rings. The van der Waals surface area contributed by atoms with E-state index >= 15 is 0 Å². The summed E-state index contributed by atoms with van der Waals surface area (Å²) in [5.41, 5.74) is 3.75. The lowest BCUT2D eigenvalue weighted by atomic mass is 10.1. The van der Waals surface area contributed by atoms with E-state index in [0.717, 1.165) is 16.8 Å². The maximum Gasteiger partial charge on any atom is 0.261 e. The molecule has 4 rings (SSSR count). The second-order valence-corrected chi connectivity index (χ2v) is 8.62. The summed E-state index contributed by atoms with van der Waals surface area (Å²) in [7, 11) is 1.59. The molecule has 0 aliphatic heterocycles. The van der Waals surface area contributed by atoms with E-state index in [-0.39, 0.29) is 17.9 Å². The number of carbonyl (C=O) groups excluding carboxylic acids is 2. The Morgan fingerprint density at radius 2 is 1.80 bits per heavy atom. The second-order valence-electron chi connectivity index (χ2n) is 7.76. The predicted octanol–water partition coefficient (Wildman–Crippen LogP) is 5.41. The van der Waals surface area contributed by atoms with Gasteiger partial charge < -0.3 is 15.4 Å². The number of carbonyl (C=O) groups is 2. The maximum absolute atomic E-state index is 13.0. The molecule has 2 heterocycles. The van der Waals surface area contributed by atoms with Crippen molar-refractivity contribution in [2.24, 2.45) is 0 Å². The maximum atomic E-state index is 13.0. The highest BCUT2D eigenvalue weighted by Crippen LogP contribution is 2.29. The van der Waals surface area contributed by atoms with Crippen molar-refractivity contribution in [3.63, 3.8) is 0 Å². The summed E-state index contributed by atoms with van der Waals surface area (Å²) in [6, 6.07) is 18.6. The van der Waals surface area contributed by atoms with Gasteiger partial charge in [-0.25, -0.2) is 9.97 Å². The summed E-state index contributed by atoms with van der Waals surface area (Å²) in [6.07, 6.45) is 1.62. The monoisotopic (exact) mass is 487 g/mol. The minimum atomic E-state index is -0.323. The SMILES string of the molecule is COc1ccccc1Nc1ncccc1C(=O)Nc1nc(-c2ccc(C(C)NC(C)=O)cc2)cs1. The van der Waals surface area contributed by atoms with Gasteiger partial charge in [0.05, 0.1) is 30.1 Å². The lowest BCUT2D eigenvalue weighted by Gasteiger charge is -2.13. The molecule has 0 aliphatic rings. The second kappa shape index (κ2) is 10.8. The van der Waals surface area contributed by atoms with Crippen molar-refractivity contribution in [3.8, 4) is 17.0 Å². The largest absolute Gasteiger partial charge is 0.495 e. The molecule has 2 aromatic heterocycles. The van der Waals surface area contributed by atoms with Crippen LogP contribution in [0.2, 0.25) is 0 Å². The number of benzene rings is 2. The van der Waals surface area contributed by atoms with E-state index in [1.54, 1.807) is 25.4 Å². The number of methoxy groups -OCH3 is 1. The first-order chi connectivity index (χ1) is 16.9. The molecule has 1 atom stereocenters. The molecule has 0 fully saturated rings. The fourth-order valence-electron chi connectivity index (χ4n) is 3.52. The Morgan fingerprint density at radius 1 is 1.03 bits per heavy atom. The number of thiazole rings is 1. The average molecular weight is 488 g/mol. The lowest BCUT2D eigenvalue weighted by Crippen LogP contribution is -2.23. The molecule has 0 radical (unpaired) electrons. The highest BCUT2D eigenvalue weighted by Gasteiger charge is 2.16. The number of para-hydroxylation sites is 2. The summed E-state index contributed by atoms with van der Waals surface area (Å²) in [5.74, 6) is 0.661. The quantitative estimate of drug-likeness (QED) is 0.307. The molecule has 0 bridgehead atoms. The van der Waals surface area contributed by atoms with Gasteiger partial charge in [-0.2, -0.15) is 0 Å². The van der Waals surface area contributed by atoms with Crippen LogP contribution in [0.15, 0.2) is 72.2 Å². The van der Waals surface area contributed by atoms with E-state index in [9.17, 15) is 9.59 Å². The number of nitrogens with one attached hydrogen (secondary N) is 3. The van der Waals surface area contributed by atoms with Crippen molar-refractivity contribution in [1.82, 2.24) is 15.3 Å². The van der Waals surface area contributed by atoms with Gasteiger partial charge in [-0.3, -0.25) is 14.9 Å². The van der Waals surface area contributed by atoms with Crippen LogP contribution in [0, 0.1) is 0 Å². The standard InChI is InChI=1S/C26H25N5O3S/c1-16(28-17(2)32)18-10-12-19(13-11-18)22-15-35-26(30-22)31-25(33)20-7-6-14-27-24(20)29-21-8-4-5-9-23(21)34-3/h4-16H,1-3H3,(H,27,29)(H,28,32)(H,30,31,33). The zero-order chi connectivity index (χ0) is 24.8. The summed E-state index contributed by atoms with van der Waals surface area (Å²) < 4.78 is 5.38. The average Bonchev–Trinajstić information content (AvgIpc) is 3.33. The van der Waals surface area contributed by atoms with Crippen LogP contribution in [-0.2, 0) is 4.79 Å². The highest BCUT2D eigenvalue weighted by molar-refractivity contribution is 7.14. The van der Waals surface area contributed by atoms with E-state index in [1.807, 2.05) is 60.8 Å². The fourth-order valence-corrected chi connectivity index (χ4v) is 4.24. The summed E-state index contributed by atoms with van der Waals surface area (Å²) in [5, 5.41) is 11.3.